The molecular formula is C15H17BrClNO3. The van der Waals surface area contributed by atoms with Crippen molar-refractivity contribution in [2.75, 3.05) is 0 Å². The second-order valence-electron chi connectivity index (χ2n) is 5.45. The van der Waals surface area contributed by atoms with E-state index in [1.165, 1.54) is 0 Å². The largest absolute Gasteiger partial charge is 0.481 e. The van der Waals surface area contributed by atoms with Gasteiger partial charge >= 0.3 is 5.97 Å². The van der Waals surface area contributed by atoms with E-state index in [0.717, 1.165) is 10.0 Å². The topological polar surface area (TPSA) is 66.4 Å². The van der Waals surface area contributed by atoms with E-state index in [9.17, 15) is 9.59 Å². The zero-order chi connectivity index (χ0) is 15.6. The van der Waals surface area contributed by atoms with Crippen LogP contribution in [0.1, 0.15) is 41.6 Å². The van der Waals surface area contributed by atoms with Gasteiger partial charge in [-0.3, -0.25) is 9.59 Å². The molecule has 4 nitrogen and oxygen atoms in total. The van der Waals surface area contributed by atoms with Crippen molar-refractivity contribution in [3.8, 4) is 0 Å². The minimum absolute atomic E-state index is 0.0378. The monoisotopic (exact) mass is 373 g/mol. The first-order valence-corrected chi connectivity index (χ1v) is 8.05. The number of aryl methyl sites for hydroxylation is 1. The van der Waals surface area contributed by atoms with E-state index >= 15 is 0 Å². The number of carboxylic acids is 1. The van der Waals surface area contributed by atoms with Gasteiger partial charge in [0.15, 0.2) is 0 Å². The zero-order valence-electron chi connectivity index (χ0n) is 11.7. The molecule has 114 valence electrons. The number of halogens is 2. The highest BCUT2D eigenvalue weighted by atomic mass is 79.9. The average Bonchev–Trinajstić information content (AvgIpc) is 2.44. The number of amides is 1. The minimum atomic E-state index is -0.741. The molecule has 0 saturated heterocycles. The highest BCUT2D eigenvalue weighted by Gasteiger charge is 2.27. The van der Waals surface area contributed by atoms with Crippen molar-refractivity contribution in [2.24, 2.45) is 5.92 Å². The van der Waals surface area contributed by atoms with Gasteiger partial charge in [-0.05, 0) is 66.2 Å². The maximum Gasteiger partial charge on any atom is 0.306 e. The molecule has 0 radical (unpaired) electrons. The highest BCUT2D eigenvalue weighted by Crippen LogP contribution is 2.28. The Morgan fingerprint density at radius 3 is 2.43 bits per heavy atom. The Labute approximate surface area is 137 Å². The molecule has 2 rings (SSSR count). The Morgan fingerprint density at radius 1 is 1.29 bits per heavy atom. The molecule has 0 atom stereocenters. The van der Waals surface area contributed by atoms with Crippen molar-refractivity contribution in [3.63, 3.8) is 0 Å². The lowest BCUT2D eigenvalue weighted by Gasteiger charge is -2.26. The van der Waals surface area contributed by atoms with E-state index in [1.54, 1.807) is 12.1 Å². The third-order valence-electron chi connectivity index (χ3n) is 3.88. The summed E-state index contributed by atoms with van der Waals surface area (Å²) >= 11 is 9.43. The number of nitrogens with one attached hydrogen (secondary N) is 1. The van der Waals surface area contributed by atoms with Gasteiger partial charge in [0.2, 0.25) is 0 Å². The highest BCUT2D eigenvalue weighted by molar-refractivity contribution is 9.10. The smallest absolute Gasteiger partial charge is 0.306 e. The van der Waals surface area contributed by atoms with E-state index in [1.807, 2.05) is 6.92 Å². The molecule has 0 spiro atoms. The summed E-state index contributed by atoms with van der Waals surface area (Å²) in [6.07, 6.45) is 2.62. The summed E-state index contributed by atoms with van der Waals surface area (Å²) in [5.41, 5.74) is 1.43. The number of hydrogen-bond donors (Lipinski definition) is 2. The van der Waals surface area contributed by atoms with Crippen LogP contribution in [-0.4, -0.2) is 23.0 Å². The summed E-state index contributed by atoms with van der Waals surface area (Å²) < 4.78 is 0.794. The molecule has 0 aliphatic heterocycles. The fraction of sp³-hybridized carbons (Fsp3) is 0.467. The number of benzene rings is 1. The van der Waals surface area contributed by atoms with Crippen LogP contribution in [0.5, 0.6) is 0 Å². The van der Waals surface area contributed by atoms with Crippen LogP contribution in [0.15, 0.2) is 16.6 Å². The Bertz CT molecular complexity index is 545. The number of rotatable bonds is 3. The van der Waals surface area contributed by atoms with Crippen molar-refractivity contribution in [3.05, 3.63) is 32.8 Å². The lowest BCUT2D eigenvalue weighted by Crippen LogP contribution is -2.38. The lowest BCUT2D eigenvalue weighted by molar-refractivity contribution is -0.142. The molecule has 1 saturated carbocycles. The van der Waals surface area contributed by atoms with E-state index in [4.69, 9.17) is 16.7 Å². The Kier molecular flexibility index (Phi) is 5.27. The summed E-state index contributed by atoms with van der Waals surface area (Å²) in [6.45, 7) is 1.88. The molecule has 0 bridgehead atoms. The van der Waals surface area contributed by atoms with Gasteiger partial charge < -0.3 is 10.4 Å². The zero-order valence-corrected chi connectivity index (χ0v) is 14.0. The Balaban J connectivity index is 1.98. The SMILES string of the molecule is Cc1cc(C(=O)NC2CCC(C(=O)O)CC2)cc(Cl)c1Br. The molecule has 2 N–H and O–H groups in total. The van der Waals surface area contributed by atoms with Gasteiger partial charge in [0.1, 0.15) is 0 Å². The van der Waals surface area contributed by atoms with Gasteiger partial charge in [0.05, 0.1) is 10.9 Å². The second kappa shape index (κ2) is 6.79. The van der Waals surface area contributed by atoms with E-state index < -0.39 is 5.97 Å². The number of aliphatic carboxylic acids is 1. The van der Waals surface area contributed by atoms with E-state index in [2.05, 4.69) is 21.2 Å². The molecule has 0 aromatic heterocycles. The maximum atomic E-state index is 12.2. The fourth-order valence-electron chi connectivity index (χ4n) is 2.61. The number of carbonyl (C=O) groups excluding carboxylic acids is 1. The molecule has 0 unspecified atom stereocenters. The van der Waals surface area contributed by atoms with Gasteiger partial charge in [-0.25, -0.2) is 0 Å². The summed E-state index contributed by atoms with van der Waals surface area (Å²) in [7, 11) is 0. The minimum Gasteiger partial charge on any atom is -0.481 e. The molecular weight excluding hydrogens is 358 g/mol. The average molecular weight is 375 g/mol. The van der Waals surface area contributed by atoms with Crippen molar-refractivity contribution in [1.29, 1.82) is 0 Å². The van der Waals surface area contributed by atoms with Crippen LogP contribution in [0.25, 0.3) is 0 Å². The van der Waals surface area contributed by atoms with Crippen molar-refractivity contribution in [2.45, 2.75) is 38.6 Å². The third-order valence-corrected chi connectivity index (χ3v) is 5.46. The summed E-state index contributed by atoms with van der Waals surface area (Å²) in [4.78, 5) is 23.1. The summed E-state index contributed by atoms with van der Waals surface area (Å²) in [5, 5.41) is 12.4. The number of carbonyl (C=O) groups is 2. The molecule has 1 aliphatic carbocycles. The third kappa shape index (κ3) is 3.98. The van der Waals surface area contributed by atoms with Gasteiger partial charge in [-0.1, -0.05) is 11.6 Å². The van der Waals surface area contributed by atoms with Crippen LogP contribution in [0.2, 0.25) is 5.02 Å². The van der Waals surface area contributed by atoms with Crippen LogP contribution >= 0.6 is 27.5 Å². The van der Waals surface area contributed by atoms with Crippen LogP contribution in [0.3, 0.4) is 0 Å². The van der Waals surface area contributed by atoms with Crippen LogP contribution < -0.4 is 5.32 Å². The summed E-state index contributed by atoms with van der Waals surface area (Å²) in [6, 6.07) is 3.46. The molecule has 6 heteroatoms. The fourth-order valence-corrected chi connectivity index (χ4v) is 3.11. The lowest BCUT2D eigenvalue weighted by atomic mass is 9.86. The van der Waals surface area contributed by atoms with Crippen LogP contribution in [0.4, 0.5) is 0 Å². The molecule has 21 heavy (non-hydrogen) atoms. The van der Waals surface area contributed by atoms with Crippen LogP contribution in [0, 0.1) is 12.8 Å². The molecule has 1 aliphatic rings. The molecule has 1 fully saturated rings. The molecule has 1 aromatic carbocycles. The normalized spacial score (nSPS) is 21.9. The van der Waals surface area contributed by atoms with Crippen molar-refractivity contribution in [1.82, 2.24) is 5.32 Å². The summed E-state index contributed by atoms with van der Waals surface area (Å²) in [5.74, 6) is -1.18. The van der Waals surface area contributed by atoms with Gasteiger partial charge in [-0.15, -0.1) is 0 Å². The van der Waals surface area contributed by atoms with Crippen LogP contribution in [-0.2, 0) is 4.79 Å². The maximum absolute atomic E-state index is 12.2. The standard InChI is InChI=1S/C15H17BrClNO3/c1-8-6-10(7-12(17)13(8)16)14(19)18-11-4-2-9(3-5-11)15(20)21/h6-7,9,11H,2-5H2,1H3,(H,18,19)(H,20,21). The Hall–Kier alpha value is -1.07. The van der Waals surface area contributed by atoms with Gasteiger partial charge in [0, 0.05) is 16.1 Å². The van der Waals surface area contributed by atoms with Gasteiger partial charge in [-0.2, -0.15) is 0 Å². The first-order valence-electron chi connectivity index (χ1n) is 6.87. The second-order valence-corrected chi connectivity index (χ2v) is 6.65. The Morgan fingerprint density at radius 2 is 1.90 bits per heavy atom. The van der Waals surface area contributed by atoms with Crippen molar-refractivity contribution >= 4 is 39.4 Å². The molecule has 1 amide bonds. The number of hydrogen-bond acceptors (Lipinski definition) is 2. The first-order chi connectivity index (χ1) is 9.88. The molecule has 1 aromatic rings. The quantitative estimate of drug-likeness (QED) is 0.846. The number of carboxylic acid groups (broad SMARTS) is 1. The predicted molar refractivity (Wildman–Crippen MR) is 84.7 cm³/mol. The van der Waals surface area contributed by atoms with E-state index in [-0.39, 0.29) is 17.9 Å². The van der Waals surface area contributed by atoms with Crippen molar-refractivity contribution < 1.29 is 14.7 Å². The predicted octanol–water partition coefficient (Wildman–Crippen LogP) is 3.78. The van der Waals surface area contributed by atoms with Gasteiger partial charge in [0.25, 0.3) is 5.91 Å². The first kappa shape index (κ1) is 16.3. The van der Waals surface area contributed by atoms with E-state index in [0.29, 0.717) is 36.3 Å². The molecule has 0 heterocycles.